The lowest BCUT2D eigenvalue weighted by atomic mass is 9.84. The molecule has 2 rings (SSSR count). The Morgan fingerprint density at radius 1 is 1.20 bits per heavy atom. The van der Waals surface area contributed by atoms with Crippen molar-refractivity contribution in [2.75, 3.05) is 26.2 Å². The van der Waals surface area contributed by atoms with Crippen LogP contribution in [0.2, 0.25) is 0 Å². The van der Waals surface area contributed by atoms with E-state index in [4.69, 9.17) is 4.74 Å². The topological polar surface area (TPSA) is 12.5 Å². The van der Waals surface area contributed by atoms with Gasteiger partial charge in [0.2, 0.25) is 0 Å². The summed E-state index contributed by atoms with van der Waals surface area (Å²) in [6.07, 6.45) is 0. The van der Waals surface area contributed by atoms with Gasteiger partial charge in [-0.1, -0.05) is 32.0 Å². The van der Waals surface area contributed by atoms with E-state index >= 15 is 0 Å². The Hall–Kier alpha value is -1.02. The third-order valence-electron chi connectivity index (χ3n) is 2.72. The van der Waals surface area contributed by atoms with E-state index in [1.54, 1.807) is 0 Å². The molecule has 0 N–H and O–H groups in total. The highest BCUT2D eigenvalue weighted by Crippen LogP contribution is 2.27. The van der Waals surface area contributed by atoms with Gasteiger partial charge in [-0.15, -0.1) is 0 Å². The van der Waals surface area contributed by atoms with Crippen molar-refractivity contribution < 1.29 is 4.74 Å². The van der Waals surface area contributed by atoms with E-state index in [2.05, 4.69) is 18.7 Å². The minimum Gasteiger partial charge on any atom is -0.492 e. The summed E-state index contributed by atoms with van der Waals surface area (Å²) in [7, 11) is 0. The van der Waals surface area contributed by atoms with Crippen molar-refractivity contribution in [3.8, 4) is 5.75 Å². The predicted octanol–water partition coefficient (Wildman–Crippen LogP) is 2.41. The second-order valence-electron chi connectivity index (χ2n) is 5.04. The third-order valence-corrected chi connectivity index (χ3v) is 2.72. The minimum atomic E-state index is 0.521. The molecule has 0 spiro atoms. The van der Waals surface area contributed by atoms with Gasteiger partial charge in [0, 0.05) is 19.6 Å². The Balaban J connectivity index is 1.64. The molecule has 1 aromatic carbocycles. The Labute approximate surface area is 91.9 Å². The first kappa shape index (κ1) is 10.5. The van der Waals surface area contributed by atoms with Crippen LogP contribution in [-0.2, 0) is 0 Å². The van der Waals surface area contributed by atoms with Crippen molar-refractivity contribution in [2.45, 2.75) is 13.8 Å². The Kier molecular flexibility index (Phi) is 2.96. The Morgan fingerprint density at radius 3 is 2.47 bits per heavy atom. The highest BCUT2D eigenvalue weighted by atomic mass is 16.5. The fraction of sp³-hybridized carbons (Fsp3) is 0.538. The van der Waals surface area contributed by atoms with Gasteiger partial charge in [0.25, 0.3) is 0 Å². The summed E-state index contributed by atoms with van der Waals surface area (Å²) >= 11 is 0. The van der Waals surface area contributed by atoms with Gasteiger partial charge in [-0.05, 0) is 17.5 Å². The smallest absolute Gasteiger partial charge is 0.119 e. The molecule has 0 bridgehead atoms. The average Bonchev–Trinajstić information content (AvgIpc) is 2.16. The zero-order valence-corrected chi connectivity index (χ0v) is 9.57. The highest BCUT2D eigenvalue weighted by molar-refractivity contribution is 5.20. The van der Waals surface area contributed by atoms with Gasteiger partial charge < -0.3 is 4.74 Å². The van der Waals surface area contributed by atoms with Crippen molar-refractivity contribution in [3.63, 3.8) is 0 Å². The molecule has 15 heavy (non-hydrogen) atoms. The molecule has 0 aliphatic carbocycles. The maximum atomic E-state index is 5.64. The van der Waals surface area contributed by atoms with Gasteiger partial charge in [-0.3, -0.25) is 4.90 Å². The summed E-state index contributed by atoms with van der Waals surface area (Å²) in [6, 6.07) is 10.0. The Bertz CT molecular complexity index is 300. The fourth-order valence-corrected chi connectivity index (χ4v) is 2.13. The van der Waals surface area contributed by atoms with Crippen LogP contribution in [-0.4, -0.2) is 31.1 Å². The zero-order valence-electron chi connectivity index (χ0n) is 9.57. The molecule has 1 aliphatic heterocycles. The van der Waals surface area contributed by atoms with Crippen LogP contribution in [0.5, 0.6) is 5.75 Å². The van der Waals surface area contributed by atoms with Crippen molar-refractivity contribution in [1.82, 2.24) is 4.90 Å². The van der Waals surface area contributed by atoms with Gasteiger partial charge in [0.05, 0.1) is 0 Å². The van der Waals surface area contributed by atoms with Crippen LogP contribution in [0.3, 0.4) is 0 Å². The fourth-order valence-electron chi connectivity index (χ4n) is 2.13. The number of ether oxygens (including phenoxy) is 1. The molecule has 0 amide bonds. The van der Waals surface area contributed by atoms with Crippen molar-refractivity contribution in [1.29, 1.82) is 0 Å². The lowest BCUT2D eigenvalue weighted by molar-refractivity contribution is 0.0213. The molecule has 0 atom stereocenters. The molecule has 0 saturated carbocycles. The molecule has 1 aromatic rings. The molecule has 1 saturated heterocycles. The maximum Gasteiger partial charge on any atom is 0.119 e. The SMILES string of the molecule is CC1(C)CN(CCOc2ccccc2)C1. The van der Waals surface area contributed by atoms with Crippen molar-refractivity contribution in [3.05, 3.63) is 30.3 Å². The molecule has 2 heteroatoms. The van der Waals surface area contributed by atoms with Crippen LogP contribution in [0.1, 0.15) is 13.8 Å². The molecule has 82 valence electrons. The lowest BCUT2D eigenvalue weighted by Crippen LogP contribution is -2.53. The molecule has 1 aliphatic rings. The van der Waals surface area contributed by atoms with Crippen LogP contribution >= 0.6 is 0 Å². The van der Waals surface area contributed by atoms with E-state index in [0.29, 0.717) is 5.41 Å². The molecule has 1 heterocycles. The molecule has 0 radical (unpaired) electrons. The van der Waals surface area contributed by atoms with E-state index in [1.807, 2.05) is 30.3 Å². The van der Waals surface area contributed by atoms with E-state index in [-0.39, 0.29) is 0 Å². The molecular weight excluding hydrogens is 186 g/mol. The lowest BCUT2D eigenvalue weighted by Gasteiger charge is -2.45. The van der Waals surface area contributed by atoms with E-state index in [0.717, 1.165) is 18.9 Å². The number of para-hydroxylation sites is 1. The number of likely N-dealkylation sites (tertiary alicyclic amines) is 1. The summed E-state index contributed by atoms with van der Waals surface area (Å²) in [5, 5.41) is 0. The minimum absolute atomic E-state index is 0.521. The molecule has 2 nitrogen and oxygen atoms in total. The monoisotopic (exact) mass is 205 g/mol. The van der Waals surface area contributed by atoms with Gasteiger partial charge in [-0.25, -0.2) is 0 Å². The molecule has 1 fully saturated rings. The first-order valence-electron chi connectivity index (χ1n) is 5.56. The largest absolute Gasteiger partial charge is 0.492 e. The van der Waals surface area contributed by atoms with Crippen LogP contribution < -0.4 is 4.74 Å². The number of hydrogen-bond donors (Lipinski definition) is 0. The normalized spacial score (nSPS) is 19.6. The summed E-state index contributed by atoms with van der Waals surface area (Å²) in [4.78, 5) is 2.43. The second-order valence-corrected chi connectivity index (χ2v) is 5.04. The quantitative estimate of drug-likeness (QED) is 0.748. The first-order valence-corrected chi connectivity index (χ1v) is 5.56. The summed E-state index contributed by atoms with van der Waals surface area (Å²) < 4.78 is 5.64. The van der Waals surface area contributed by atoms with E-state index in [9.17, 15) is 0 Å². The Morgan fingerprint density at radius 2 is 1.87 bits per heavy atom. The van der Waals surface area contributed by atoms with E-state index < -0.39 is 0 Å². The highest BCUT2D eigenvalue weighted by Gasteiger charge is 2.33. The average molecular weight is 205 g/mol. The maximum absolute atomic E-state index is 5.64. The molecule has 0 unspecified atom stereocenters. The number of benzene rings is 1. The zero-order chi connectivity index (χ0) is 10.7. The van der Waals surface area contributed by atoms with Gasteiger partial charge in [0.1, 0.15) is 12.4 Å². The van der Waals surface area contributed by atoms with Gasteiger partial charge in [0.15, 0.2) is 0 Å². The van der Waals surface area contributed by atoms with Crippen molar-refractivity contribution in [2.24, 2.45) is 5.41 Å². The summed E-state index contributed by atoms with van der Waals surface area (Å²) in [5.41, 5.74) is 0.521. The molecular formula is C13H19NO. The molecule has 0 aromatic heterocycles. The number of nitrogens with zero attached hydrogens (tertiary/aromatic N) is 1. The first-order chi connectivity index (χ1) is 7.16. The van der Waals surface area contributed by atoms with Crippen molar-refractivity contribution >= 4 is 0 Å². The van der Waals surface area contributed by atoms with Crippen LogP contribution in [0, 0.1) is 5.41 Å². The standard InChI is InChI=1S/C13H19NO/c1-13(2)10-14(11-13)8-9-15-12-6-4-3-5-7-12/h3-7H,8-11H2,1-2H3. The summed E-state index contributed by atoms with van der Waals surface area (Å²) in [6.45, 7) is 8.85. The summed E-state index contributed by atoms with van der Waals surface area (Å²) in [5.74, 6) is 0.970. The number of rotatable bonds is 4. The second kappa shape index (κ2) is 4.23. The van der Waals surface area contributed by atoms with Gasteiger partial charge >= 0.3 is 0 Å². The van der Waals surface area contributed by atoms with Crippen LogP contribution in [0.15, 0.2) is 30.3 Å². The van der Waals surface area contributed by atoms with E-state index in [1.165, 1.54) is 13.1 Å². The van der Waals surface area contributed by atoms with Crippen LogP contribution in [0.25, 0.3) is 0 Å². The third kappa shape index (κ3) is 2.96. The van der Waals surface area contributed by atoms with Crippen LogP contribution in [0.4, 0.5) is 0 Å². The number of hydrogen-bond acceptors (Lipinski definition) is 2. The predicted molar refractivity (Wildman–Crippen MR) is 62.2 cm³/mol. The van der Waals surface area contributed by atoms with Gasteiger partial charge in [-0.2, -0.15) is 0 Å².